The zero-order valence-electron chi connectivity index (χ0n) is 11.7. The second-order valence-corrected chi connectivity index (χ2v) is 4.14. The summed E-state index contributed by atoms with van der Waals surface area (Å²) in [5.41, 5.74) is 12.2. The van der Waals surface area contributed by atoms with Gasteiger partial charge in [0.05, 0.1) is 11.9 Å². The number of amides is 1. The number of primary amides is 1. The Morgan fingerprint density at radius 2 is 2.18 bits per heavy atom. The largest absolute Gasteiger partial charge is 0.367 e. The molecule has 114 valence electrons. The van der Waals surface area contributed by atoms with Crippen LogP contribution in [0, 0.1) is 0 Å². The van der Waals surface area contributed by atoms with Gasteiger partial charge < -0.3 is 21.8 Å². The van der Waals surface area contributed by atoms with Gasteiger partial charge in [0, 0.05) is 25.5 Å². The Morgan fingerprint density at radius 1 is 1.32 bits per heavy atom. The van der Waals surface area contributed by atoms with Gasteiger partial charge in [-0.05, 0) is 12.1 Å². The highest BCUT2D eigenvalue weighted by Gasteiger charge is 2.03. The molecule has 0 unspecified atom stereocenters. The topological polar surface area (TPSA) is 148 Å². The number of carbonyl (C=O) groups excluding carboxylic acids is 1. The van der Waals surface area contributed by atoms with Gasteiger partial charge in [0.1, 0.15) is 11.8 Å². The van der Waals surface area contributed by atoms with E-state index in [9.17, 15) is 4.79 Å². The van der Waals surface area contributed by atoms with Crippen molar-refractivity contribution in [2.45, 2.75) is 0 Å². The van der Waals surface area contributed by atoms with Crippen LogP contribution in [0.4, 0.5) is 5.82 Å². The van der Waals surface area contributed by atoms with Crippen LogP contribution in [0.5, 0.6) is 0 Å². The van der Waals surface area contributed by atoms with Crippen molar-refractivity contribution < 1.29 is 4.79 Å². The SMILES string of the molecule is NC(=O)c1cccnc1.NCCNc1ncnc2[nH]cnc12. The normalized spacial score (nSPS) is 9.86. The van der Waals surface area contributed by atoms with E-state index in [1.165, 1.54) is 12.5 Å². The summed E-state index contributed by atoms with van der Waals surface area (Å²) in [6, 6.07) is 3.29. The summed E-state index contributed by atoms with van der Waals surface area (Å²) in [4.78, 5) is 29.1. The van der Waals surface area contributed by atoms with Gasteiger partial charge in [0.2, 0.25) is 5.91 Å². The highest BCUT2D eigenvalue weighted by molar-refractivity contribution is 5.92. The lowest BCUT2D eigenvalue weighted by atomic mass is 10.3. The fourth-order valence-electron chi connectivity index (χ4n) is 1.59. The molecule has 0 radical (unpaired) electrons. The number of nitrogens with zero attached hydrogens (tertiary/aromatic N) is 4. The summed E-state index contributed by atoms with van der Waals surface area (Å²) in [6.45, 7) is 1.24. The smallest absolute Gasteiger partial charge is 0.250 e. The molecule has 0 spiro atoms. The van der Waals surface area contributed by atoms with Crippen LogP contribution < -0.4 is 16.8 Å². The monoisotopic (exact) mass is 300 g/mol. The molecule has 3 aromatic heterocycles. The Labute approximate surface area is 126 Å². The summed E-state index contributed by atoms with van der Waals surface area (Å²) in [7, 11) is 0. The minimum absolute atomic E-state index is 0.442. The average Bonchev–Trinajstić information content (AvgIpc) is 3.03. The standard InChI is InChI=1S/C7H10N6.C6H6N2O/c8-1-2-9-6-5-7(11-3-10-5)13-4-12-6;7-6(9)5-2-1-3-8-4-5/h3-4H,1-2,8H2,(H2,9,10,11,12,13);1-4H,(H2,7,9). The third-order valence-corrected chi connectivity index (χ3v) is 2.60. The molecule has 3 heterocycles. The van der Waals surface area contributed by atoms with Crippen LogP contribution in [0.15, 0.2) is 37.2 Å². The van der Waals surface area contributed by atoms with Crippen LogP contribution in [0.1, 0.15) is 10.4 Å². The van der Waals surface area contributed by atoms with E-state index in [1.807, 2.05) is 0 Å². The van der Waals surface area contributed by atoms with Gasteiger partial charge in [-0.1, -0.05) is 0 Å². The maximum Gasteiger partial charge on any atom is 0.250 e. The first-order valence-corrected chi connectivity index (χ1v) is 6.50. The molecule has 6 N–H and O–H groups in total. The zero-order valence-corrected chi connectivity index (χ0v) is 11.7. The van der Waals surface area contributed by atoms with E-state index >= 15 is 0 Å². The molecule has 0 saturated heterocycles. The number of anilines is 1. The summed E-state index contributed by atoms with van der Waals surface area (Å²) >= 11 is 0. The fourth-order valence-corrected chi connectivity index (χ4v) is 1.59. The molecule has 1 amide bonds. The Bertz CT molecular complexity index is 727. The summed E-state index contributed by atoms with van der Waals surface area (Å²) in [6.07, 6.45) is 6.10. The molecule has 0 fully saturated rings. The van der Waals surface area contributed by atoms with E-state index in [4.69, 9.17) is 11.5 Å². The van der Waals surface area contributed by atoms with Crippen LogP contribution in [-0.2, 0) is 0 Å². The highest BCUT2D eigenvalue weighted by Crippen LogP contribution is 2.13. The van der Waals surface area contributed by atoms with E-state index in [-0.39, 0.29) is 0 Å². The van der Waals surface area contributed by atoms with Crippen molar-refractivity contribution in [1.29, 1.82) is 0 Å². The number of aromatic amines is 1. The number of nitrogens with two attached hydrogens (primary N) is 2. The number of rotatable bonds is 4. The molecule has 3 aromatic rings. The van der Waals surface area contributed by atoms with Gasteiger partial charge in [0.15, 0.2) is 11.5 Å². The molecule has 0 aliphatic carbocycles. The predicted molar refractivity (Wildman–Crippen MR) is 82.0 cm³/mol. The number of imidazole rings is 1. The molecular weight excluding hydrogens is 284 g/mol. The molecule has 0 aliphatic heterocycles. The second kappa shape index (κ2) is 7.64. The number of H-pyrrole nitrogens is 1. The van der Waals surface area contributed by atoms with Gasteiger partial charge in [-0.2, -0.15) is 0 Å². The number of hydrogen-bond donors (Lipinski definition) is 4. The Hall–Kier alpha value is -3.07. The molecule has 22 heavy (non-hydrogen) atoms. The molecular formula is C13H16N8O. The minimum Gasteiger partial charge on any atom is -0.367 e. The first-order valence-electron chi connectivity index (χ1n) is 6.50. The fraction of sp³-hybridized carbons (Fsp3) is 0.154. The van der Waals surface area contributed by atoms with E-state index in [1.54, 1.807) is 24.7 Å². The molecule has 0 aromatic carbocycles. The minimum atomic E-state index is -0.442. The summed E-state index contributed by atoms with van der Waals surface area (Å²) in [5, 5.41) is 3.06. The number of hydrogen-bond acceptors (Lipinski definition) is 7. The van der Waals surface area contributed by atoms with Crippen molar-refractivity contribution in [3.05, 3.63) is 42.7 Å². The number of carbonyl (C=O) groups is 1. The van der Waals surface area contributed by atoms with Crippen molar-refractivity contribution in [2.75, 3.05) is 18.4 Å². The van der Waals surface area contributed by atoms with Gasteiger partial charge in [0.25, 0.3) is 0 Å². The predicted octanol–water partition coefficient (Wildman–Crippen LogP) is -0.0960. The first-order chi connectivity index (χ1) is 10.7. The van der Waals surface area contributed by atoms with Crippen LogP contribution in [0.3, 0.4) is 0 Å². The summed E-state index contributed by atoms with van der Waals surface area (Å²) in [5.74, 6) is 0.278. The molecule has 3 rings (SSSR count). The Morgan fingerprint density at radius 3 is 2.82 bits per heavy atom. The summed E-state index contributed by atoms with van der Waals surface area (Å²) < 4.78 is 0. The van der Waals surface area contributed by atoms with Gasteiger partial charge in [-0.25, -0.2) is 15.0 Å². The van der Waals surface area contributed by atoms with Crippen molar-refractivity contribution in [2.24, 2.45) is 11.5 Å². The van der Waals surface area contributed by atoms with E-state index in [0.717, 1.165) is 17.0 Å². The van der Waals surface area contributed by atoms with Crippen molar-refractivity contribution in [3.63, 3.8) is 0 Å². The number of fused-ring (bicyclic) bond motifs is 1. The van der Waals surface area contributed by atoms with Crippen LogP contribution in [0.2, 0.25) is 0 Å². The molecule has 0 saturated carbocycles. The van der Waals surface area contributed by atoms with Gasteiger partial charge in [-0.3, -0.25) is 9.78 Å². The van der Waals surface area contributed by atoms with Crippen LogP contribution >= 0.6 is 0 Å². The van der Waals surface area contributed by atoms with Crippen LogP contribution in [-0.4, -0.2) is 43.9 Å². The van der Waals surface area contributed by atoms with Gasteiger partial charge in [-0.15, -0.1) is 0 Å². The average molecular weight is 300 g/mol. The molecule has 9 heteroatoms. The van der Waals surface area contributed by atoms with E-state index in [2.05, 4.69) is 30.2 Å². The molecule has 0 bridgehead atoms. The molecule has 9 nitrogen and oxygen atoms in total. The number of pyridine rings is 1. The highest BCUT2D eigenvalue weighted by atomic mass is 16.1. The molecule has 0 aliphatic rings. The Balaban J connectivity index is 0.000000172. The lowest BCUT2D eigenvalue weighted by Crippen LogP contribution is -2.14. The Kier molecular flexibility index (Phi) is 5.32. The third kappa shape index (κ3) is 3.96. The van der Waals surface area contributed by atoms with E-state index in [0.29, 0.717) is 18.7 Å². The molecule has 0 atom stereocenters. The third-order valence-electron chi connectivity index (χ3n) is 2.60. The van der Waals surface area contributed by atoms with E-state index < -0.39 is 5.91 Å². The van der Waals surface area contributed by atoms with Crippen molar-refractivity contribution in [3.8, 4) is 0 Å². The lowest BCUT2D eigenvalue weighted by molar-refractivity contribution is 0.1000. The van der Waals surface area contributed by atoms with Crippen molar-refractivity contribution >= 4 is 22.9 Å². The van der Waals surface area contributed by atoms with Crippen LogP contribution in [0.25, 0.3) is 11.2 Å². The maximum absolute atomic E-state index is 10.4. The first kappa shape index (κ1) is 15.3. The zero-order chi connectivity index (χ0) is 15.8. The van der Waals surface area contributed by atoms with Gasteiger partial charge >= 0.3 is 0 Å². The lowest BCUT2D eigenvalue weighted by Gasteiger charge is -2.02. The number of aromatic nitrogens is 5. The van der Waals surface area contributed by atoms with Crippen molar-refractivity contribution in [1.82, 2.24) is 24.9 Å². The maximum atomic E-state index is 10.4. The number of nitrogens with one attached hydrogen (secondary N) is 2. The quantitative estimate of drug-likeness (QED) is 0.525. The second-order valence-electron chi connectivity index (χ2n) is 4.14.